The molecule has 7 nitrogen and oxygen atoms in total. The van der Waals surface area contributed by atoms with E-state index in [-0.39, 0.29) is 18.5 Å². The fraction of sp³-hybridized carbons (Fsp3) is 0.615. The quantitative estimate of drug-likeness (QED) is 0.678. The molecule has 0 spiro atoms. The molecule has 0 radical (unpaired) electrons. The van der Waals surface area contributed by atoms with Crippen molar-refractivity contribution in [1.82, 2.24) is 20.2 Å². The molecular weight excluding hydrogens is 260 g/mol. The summed E-state index contributed by atoms with van der Waals surface area (Å²) in [6, 6.07) is -0.571. The van der Waals surface area contributed by atoms with Gasteiger partial charge >= 0.3 is 12.0 Å². The summed E-state index contributed by atoms with van der Waals surface area (Å²) in [5.74, 6) is 0.330. The highest BCUT2D eigenvalue weighted by atomic mass is 16.4. The van der Waals surface area contributed by atoms with Crippen LogP contribution in [0.2, 0.25) is 0 Å². The zero-order valence-corrected chi connectivity index (χ0v) is 11.5. The average Bonchev–Trinajstić information content (AvgIpc) is 3.13. The first-order valence-corrected chi connectivity index (χ1v) is 6.78. The van der Waals surface area contributed by atoms with Gasteiger partial charge in [-0.15, -0.1) is 0 Å². The lowest BCUT2D eigenvalue weighted by Crippen LogP contribution is -2.44. The molecule has 2 amide bonds. The van der Waals surface area contributed by atoms with Crippen molar-refractivity contribution in [2.45, 2.75) is 31.7 Å². The maximum atomic E-state index is 11.7. The van der Waals surface area contributed by atoms with Crippen LogP contribution in [0.4, 0.5) is 4.79 Å². The summed E-state index contributed by atoms with van der Waals surface area (Å²) < 4.78 is 1.90. The van der Waals surface area contributed by atoms with Crippen molar-refractivity contribution in [1.29, 1.82) is 0 Å². The van der Waals surface area contributed by atoms with Crippen molar-refractivity contribution in [2.75, 3.05) is 6.54 Å². The van der Waals surface area contributed by atoms with Crippen LogP contribution in [0.1, 0.15) is 25.1 Å². The number of nitrogens with one attached hydrogen (secondary N) is 2. The smallest absolute Gasteiger partial charge is 0.315 e. The fourth-order valence-electron chi connectivity index (χ4n) is 2.17. The first kappa shape index (κ1) is 14.4. The van der Waals surface area contributed by atoms with E-state index in [1.165, 1.54) is 0 Å². The summed E-state index contributed by atoms with van der Waals surface area (Å²) in [5.41, 5.74) is 0. The molecule has 0 saturated heterocycles. The summed E-state index contributed by atoms with van der Waals surface area (Å²) in [6.07, 6.45) is 6.18. The molecule has 1 unspecified atom stereocenters. The van der Waals surface area contributed by atoms with Crippen LogP contribution in [0.25, 0.3) is 0 Å². The molecule has 0 bridgehead atoms. The van der Waals surface area contributed by atoms with Crippen molar-refractivity contribution in [3.8, 4) is 0 Å². The van der Waals surface area contributed by atoms with Gasteiger partial charge < -0.3 is 20.3 Å². The fourth-order valence-corrected chi connectivity index (χ4v) is 2.17. The van der Waals surface area contributed by atoms with E-state index in [1.54, 1.807) is 6.20 Å². The zero-order valence-electron chi connectivity index (χ0n) is 11.5. The first-order valence-electron chi connectivity index (χ1n) is 6.78. The van der Waals surface area contributed by atoms with Gasteiger partial charge in [-0.05, 0) is 18.8 Å². The molecule has 1 saturated carbocycles. The molecule has 1 aromatic heterocycles. The lowest BCUT2D eigenvalue weighted by atomic mass is 10.1. The van der Waals surface area contributed by atoms with E-state index in [4.69, 9.17) is 5.11 Å². The van der Waals surface area contributed by atoms with Crippen LogP contribution < -0.4 is 10.6 Å². The predicted octanol–water partition coefficient (Wildman–Crippen LogP) is 0.515. The highest BCUT2D eigenvalue weighted by Crippen LogP contribution is 2.33. The first-order chi connectivity index (χ1) is 9.56. The number of aryl methyl sites for hydroxylation is 1. The largest absolute Gasteiger partial charge is 0.481 e. The number of imidazole rings is 1. The summed E-state index contributed by atoms with van der Waals surface area (Å²) in [6.45, 7) is 0.473. The van der Waals surface area contributed by atoms with Crippen LogP contribution in [0.5, 0.6) is 0 Å². The molecule has 110 valence electrons. The second-order valence-corrected chi connectivity index (χ2v) is 5.15. The lowest BCUT2D eigenvalue weighted by Gasteiger charge is -2.16. The molecular formula is C13H20N4O3. The maximum absolute atomic E-state index is 11.7. The van der Waals surface area contributed by atoms with E-state index in [2.05, 4.69) is 15.6 Å². The molecule has 1 atom stereocenters. The standard InChI is InChI=1S/C13H20N4O3/c1-17-7-6-14-11(17)4-5-15-13(20)16-10(8-12(18)19)9-2-3-9/h6-7,9-10H,2-5,8H2,1H3,(H,18,19)(H2,15,16,20). The number of aliphatic carboxylic acids is 1. The van der Waals surface area contributed by atoms with E-state index in [0.29, 0.717) is 18.9 Å². The van der Waals surface area contributed by atoms with Crippen molar-refractivity contribution in [3.63, 3.8) is 0 Å². The van der Waals surface area contributed by atoms with E-state index >= 15 is 0 Å². The summed E-state index contributed by atoms with van der Waals surface area (Å²) in [4.78, 5) is 26.7. The molecule has 0 aliphatic heterocycles. The van der Waals surface area contributed by atoms with Gasteiger partial charge in [0.1, 0.15) is 5.82 Å². The minimum Gasteiger partial charge on any atom is -0.481 e. The van der Waals surface area contributed by atoms with Crippen LogP contribution in [0.15, 0.2) is 12.4 Å². The van der Waals surface area contributed by atoms with Gasteiger partial charge in [0.2, 0.25) is 0 Å². The van der Waals surface area contributed by atoms with Gasteiger partial charge in [-0.3, -0.25) is 4.79 Å². The normalized spacial score (nSPS) is 15.7. The number of carbonyl (C=O) groups excluding carboxylic acids is 1. The second-order valence-electron chi connectivity index (χ2n) is 5.15. The van der Waals surface area contributed by atoms with Gasteiger partial charge in [0, 0.05) is 38.4 Å². The Morgan fingerprint density at radius 1 is 1.55 bits per heavy atom. The van der Waals surface area contributed by atoms with E-state index in [0.717, 1.165) is 18.7 Å². The molecule has 1 aliphatic rings. The Kier molecular flexibility index (Phi) is 4.60. The third kappa shape index (κ3) is 4.25. The number of carboxylic acids is 1. The van der Waals surface area contributed by atoms with Gasteiger partial charge in [-0.25, -0.2) is 9.78 Å². The minimum atomic E-state index is -0.879. The Morgan fingerprint density at radius 2 is 2.30 bits per heavy atom. The molecule has 2 rings (SSSR count). The molecule has 1 fully saturated rings. The SMILES string of the molecule is Cn1ccnc1CCNC(=O)NC(CC(=O)O)C1CC1. The van der Waals surface area contributed by atoms with Crippen molar-refractivity contribution >= 4 is 12.0 Å². The number of rotatable bonds is 7. The van der Waals surface area contributed by atoms with Crippen molar-refractivity contribution in [3.05, 3.63) is 18.2 Å². The van der Waals surface area contributed by atoms with E-state index in [1.807, 2.05) is 17.8 Å². The Bertz CT molecular complexity index is 482. The minimum absolute atomic E-state index is 0.0164. The zero-order chi connectivity index (χ0) is 14.5. The van der Waals surface area contributed by atoms with Gasteiger partial charge in [0.15, 0.2) is 0 Å². The van der Waals surface area contributed by atoms with Crippen LogP contribution in [0.3, 0.4) is 0 Å². The molecule has 3 N–H and O–H groups in total. The predicted molar refractivity (Wildman–Crippen MR) is 72.2 cm³/mol. The third-order valence-electron chi connectivity index (χ3n) is 3.46. The number of hydrogen-bond acceptors (Lipinski definition) is 3. The highest BCUT2D eigenvalue weighted by molar-refractivity contribution is 5.75. The average molecular weight is 280 g/mol. The Balaban J connectivity index is 1.71. The lowest BCUT2D eigenvalue weighted by molar-refractivity contribution is -0.137. The summed E-state index contributed by atoms with van der Waals surface area (Å²) in [5, 5.41) is 14.3. The molecule has 1 aromatic rings. The second kappa shape index (κ2) is 6.40. The number of nitrogens with zero attached hydrogens (tertiary/aromatic N) is 2. The molecule has 0 aromatic carbocycles. The Morgan fingerprint density at radius 3 is 2.85 bits per heavy atom. The third-order valence-corrected chi connectivity index (χ3v) is 3.46. The molecule has 1 aliphatic carbocycles. The van der Waals surface area contributed by atoms with Gasteiger partial charge in [-0.1, -0.05) is 0 Å². The monoisotopic (exact) mass is 280 g/mol. The van der Waals surface area contributed by atoms with Crippen molar-refractivity contribution in [2.24, 2.45) is 13.0 Å². The van der Waals surface area contributed by atoms with Crippen LogP contribution in [-0.4, -0.2) is 39.2 Å². The topological polar surface area (TPSA) is 96.3 Å². The molecule has 7 heteroatoms. The number of hydrogen-bond donors (Lipinski definition) is 3. The number of aromatic nitrogens is 2. The number of carboxylic acid groups (broad SMARTS) is 1. The summed E-state index contributed by atoms with van der Waals surface area (Å²) in [7, 11) is 1.90. The van der Waals surface area contributed by atoms with Crippen LogP contribution in [0, 0.1) is 5.92 Å². The summed E-state index contributed by atoms with van der Waals surface area (Å²) >= 11 is 0. The van der Waals surface area contributed by atoms with Crippen LogP contribution in [-0.2, 0) is 18.3 Å². The molecule has 20 heavy (non-hydrogen) atoms. The van der Waals surface area contributed by atoms with Crippen LogP contribution >= 0.6 is 0 Å². The van der Waals surface area contributed by atoms with Gasteiger partial charge in [-0.2, -0.15) is 0 Å². The van der Waals surface area contributed by atoms with Crippen molar-refractivity contribution < 1.29 is 14.7 Å². The van der Waals surface area contributed by atoms with Gasteiger partial charge in [0.25, 0.3) is 0 Å². The highest BCUT2D eigenvalue weighted by Gasteiger charge is 2.33. The van der Waals surface area contributed by atoms with E-state index < -0.39 is 5.97 Å². The Labute approximate surface area is 117 Å². The molecule has 1 heterocycles. The van der Waals surface area contributed by atoms with E-state index in [9.17, 15) is 9.59 Å². The number of amides is 2. The van der Waals surface area contributed by atoms with Gasteiger partial charge in [0.05, 0.1) is 6.42 Å². The number of urea groups is 1. The Hall–Kier alpha value is -2.05. The maximum Gasteiger partial charge on any atom is 0.315 e. The number of carbonyl (C=O) groups is 2.